The number of rotatable bonds is 5. The van der Waals surface area contributed by atoms with Crippen molar-refractivity contribution in [1.82, 2.24) is 4.90 Å². The largest absolute Gasteiger partial charge is 0.489 e. The molecule has 1 heterocycles. The fraction of sp³-hybridized carbons (Fsp3) is 0.300. The van der Waals surface area contributed by atoms with E-state index in [2.05, 4.69) is 0 Å². The van der Waals surface area contributed by atoms with Gasteiger partial charge in [0.05, 0.1) is 6.04 Å². The second-order valence-electron chi connectivity index (χ2n) is 6.44. The van der Waals surface area contributed by atoms with Crippen molar-refractivity contribution in [2.45, 2.75) is 38.0 Å². The van der Waals surface area contributed by atoms with Crippen LogP contribution in [0.3, 0.4) is 0 Å². The molecule has 2 aromatic rings. The summed E-state index contributed by atoms with van der Waals surface area (Å²) in [5.74, 6) is -0.949. The average Bonchev–Trinajstić information content (AvgIpc) is 2.67. The van der Waals surface area contributed by atoms with E-state index in [9.17, 15) is 24.2 Å². The van der Waals surface area contributed by atoms with Crippen molar-refractivity contribution in [3.8, 4) is 5.75 Å². The Morgan fingerprint density at radius 3 is 2.41 bits per heavy atom. The highest BCUT2D eigenvalue weighted by Gasteiger charge is 2.39. The summed E-state index contributed by atoms with van der Waals surface area (Å²) in [4.78, 5) is 24.0. The standard InChI is InChI=1S/C20H20FNO5/c21-16-5-2-1-4-14(16)12-27-15-10-8-13(9-11-15)17-6-3-7-18(19(23)24)22(17)20(25)26/h1-2,4-5,8-11,17-18H,3,6-7,12H2,(H,23,24)(H,25,26)/t17-,18+/m0/s1. The summed E-state index contributed by atoms with van der Waals surface area (Å²) in [6, 6.07) is 11.6. The molecule has 1 saturated heterocycles. The fourth-order valence-electron chi connectivity index (χ4n) is 3.40. The smallest absolute Gasteiger partial charge is 0.408 e. The van der Waals surface area contributed by atoms with Crippen LogP contribution in [0.1, 0.15) is 36.4 Å². The lowest BCUT2D eigenvalue weighted by Gasteiger charge is -2.38. The Morgan fingerprint density at radius 2 is 1.78 bits per heavy atom. The summed E-state index contributed by atoms with van der Waals surface area (Å²) in [5, 5.41) is 18.8. The molecule has 142 valence electrons. The van der Waals surface area contributed by atoms with Crippen molar-refractivity contribution in [1.29, 1.82) is 0 Å². The number of hydrogen-bond acceptors (Lipinski definition) is 3. The number of nitrogens with zero attached hydrogens (tertiary/aromatic N) is 1. The van der Waals surface area contributed by atoms with Gasteiger partial charge in [-0.15, -0.1) is 0 Å². The topological polar surface area (TPSA) is 87.1 Å². The number of likely N-dealkylation sites (tertiary alicyclic amines) is 1. The number of aliphatic carboxylic acids is 1. The first-order valence-corrected chi connectivity index (χ1v) is 8.67. The second-order valence-corrected chi connectivity index (χ2v) is 6.44. The van der Waals surface area contributed by atoms with Gasteiger partial charge in [-0.25, -0.2) is 14.0 Å². The van der Waals surface area contributed by atoms with Gasteiger partial charge < -0.3 is 14.9 Å². The zero-order valence-electron chi connectivity index (χ0n) is 14.5. The summed E-state index contributed by atoms with van der Waals surface area (Å²) in [5.41, 5.74) is 1.15. The molecule has 2 N–H and O–H groups in total. The third-order valence-corrected chi connectivity index (χ3v) is 4.75. The van der Waals surface area contributed by atoms with Gasteiger partial charge in [0.2, 0.25) is 0 Å². The van der Waals surface area contributed by atoms with E-state index in [-0.39, 0.29) is 12.4 Å². The van der Waals surface area contributed by atoms with E-state index in [1.165, 1.54) is 6.07 Å². The maximum atomic E-state index is 13.6. The monoisotopic (exact) mass is 373 g/mol. The SMILES string of the molecule is O=C(O)[C@H]1CCC[C@@H](c2ccc(OCc3ccccc3F)cc2)N1C(=O)O. The van der Waals surface area contributed by atoms with Crippen LogP contribution in [0.4, 0.5) is 9.18 Å². The van der Waals surface area contributed by atoms with Crippen molar-refractivity contribution >= 4 is 12.1 Å². The highest BCUT2D eigenvalue weighted by atomic mass is 19.1. The molecular formula is C20H20FNO5. The molecule has 0 aromatic heterocycles. The molecule has 7 heteroatoms. The summed E-state index contributed by atoms with van der Waals surface area (Å²) in [7, 11) is 0. The number of carboxylic acids is 1. The molecule has 1 fully saturated rings. The molecular weight excluding hydrogens is 353 g/mol. The minimum Gasteiger partial charge on any atom is -0.489 e. The number of piperidine rings is 1. The van der Waals surface area contributed by atoms with Crippen LogP contribution in [-0.4, -0.2) is 33.2 Å². The van der Waals surface area contributed by atoms with E-state index >= 15 is 0 Å². The molecule has 0 bridgehead atoms. The number of benzene rings is 2. The number of ether oxygens (including phenoxy) is 1. The fourth-order valence-corrected chi connectivity index (χ4v) is 3.40. The molecule has 0 spiro atoms. The number of carboxylic acid groups (broad SMARTS) is 2. The van der Waals surface area contributed by atoms with Crippen LogP contribution < -0.4 is 4.74 Å². The molecule has 27 heavy (non-hydrogen) atoms. The summed E-state index contributed by atoms with van der Waals surface area (Å²) in [6.07, 6.45) is 0.261. The van der Waals surface area contributed by atoms with Crippen LogP contribution >= 0.6 is 0 Å². The Kier molecular flexibility index (Phi) is 5.59. The van der Waals surface area contributed by atoms with Crippen LogP contribution in [0.25, 0.3) is 0 Å². The predicted octanol–water partition coefficient (Wildman–Crippen LogP) is 4.06. The normalized spacial score (nSPS) is 19.5. The Morgan fingerprint density at radius 1 is 1.07 bits per heavy atom. The van der Waals surface area contributed by atoms with Crippen LogP contribution in [-0.2, 0) is 11.4 Å². The van der Waals surface area contributed by atoms with E-state index in [1.54, 1.807) is 42.5 Å². The molecule has 1 amide bonds. The van der Waals surface area contributed by atoms with Crippen LogP contribution in [0.2, 0.25) is 0 Å². The lowest BCUT2D eigenvalue weighted by atomic mass is 9.91. The Hall–Kier alpha value is -3.09. The third kappa shape index (κ3) is 4.19. The van der Waals surface area contributed by atoms with Crippen molar-refractivity contribution in [2.75, 3.05) is 0 Å². The van der Waals surface area contributed by atoms with Crippen molar-refractivity contribution < 1.29 is 28.9 Å². The lowest BCUT2D eigenvalue weighted by molar-refractivity contribution is -0.145. The van der Waals surface area contributed by atoms with Gasteiger partial charge in [0.15, 0.2) is 0 Å². The first-order valence-electron chi connectivity index (χ1n) is 8.67. The maximum Gasteiger partial charge on any atom is 0.408 e. The zero-order valence-corrected chi connectivity index (χ0v) is 14.5. The molecule has 1 aliphatic rings. The van der Waals surface area contributed by atoms with E-state index in [4.69, 9.17) is 4.74 Å². The molecule has 0 aliphatic carbocycles. The second kappa shape index (κ2) is 8.07. The Bertz CT molecular complexity index is 823. The van der Waals surface area contributed by atoms with Crippen LogP contribution in [0, 0.1) is 5.82 Å². The molecule has 0 unspecified atom stereocenters. The first-order chi connectivity index (χ1) is 13.0. The highest BCUT2D eigenvalue weighted by Crippen LogP contribution is 2.35. The molecule has 2 atom stereocenters. The lowest BCUT2D eigenvalue weighted by Crippen LogP contribution is -2.49. The highest BCUT2D eigenvalue weighted by molar-refractivity contribution is 5.80. The first kappa shape index (κ1) is 18.7. The number of halogens is 1. The van der Waals surface area contributed by atoms with Gasteiger partial charge in [-0.3, -0.25) is 4.90 Å². The molecule has 2 aromatic carbocycles. The van der Waals surface area contributed by atoms with Gasteiger partial charge in [0.1, 0.15) is 24.2 Å². The minimum absolute atomic E-state index is 0.0811. The van der Waals surface area contributed by atoms with Gasteiger partial charge in [0.25, 0.3) is 0 Å². The quantitative estimate of drug-likeness (QED) is 0.825. The van der Waals surface area contributed by atoms with Gasteiger partial charge in [-0.1, -0.05) is 30.3 Å². The maximum absolute atomic E-state index is 13.6. The Balaban J connectivity index is 1.73. The summed E-state index contributed by atoms with van der Waals surface area (Å²) in [6.45, 7) is 0.0811. The molecule has 3 rings (SSSR count). The summed E-state index contributed by atoms with van der Waals surface area (Å²) < 4.78 is 19.2. The van der Waals surface area contributed by atoms with Gasteiger partial charge in [-0.2, -0.15) is 0 Å². The number of hydrogen-bond donors (Lipinski definition) is 2. The van der Waals surface area contributed by atoms with Crippen LogP contribution in [0.5, 0.6) is 5.75 Å². The molecule has 0 saturated carbocycles. The number of amides is 1. The Labute approximate surface area is 155 Å². The average molecular weight is 373 g/mol. The third-order valence-electron chi connectivity index (χ3n) is 4.75. The van der Waals surface area contributed by atoms with Gasteiger partial charge in [-0.05, 0) is 43.0 Å². The molecule has 0 radical (unpaired) electrons. The van der Waals surface area contributed by atoms with E-state index in [1.807, 2.05) is 0 Å². The van der Waals surface area contributed by atoms with Gasteiger partial charge >= 0.3 is 12.1 Å². The van der Waals surface area contributed by atoms with E-state index < -0.39 is 24.1 Å². The minimum atomic E-state index is -1.24. The van der Waals surface area contributed by atoms with E-state index in [0.29, 0.717) is 36.1 Å². The van der Waals surface area contributed by atoms with Crippen molar-refractivity contribution in [3.63, 3.8) is 0 Å². The zero-order chi connectivity index (χ0) is 19.4. The number of carbonyl (C=O) groups is 2. The van der Waals surface area contributed by atoms with E-state index in [0.717, 1.165) is 4.90 Å². The van der Waals surface area contributed by atoms with Gasteiger partial charge in [0, 0.05) is 5.56 Å². The van der Waals surface area contributed by atoms with Crippen molar-refractivity contribution in [2.24, 2.45) is 0 Å². The molecule has 1 aliphatic heterocycles. The van der Waals surface area contributed by atoms with Crippen molar-refractivity contribution in [3.05, 3.63) is 65.5 Å². The predicted molar refractivity (Wildman–Crippen MR) is 95.1 cm³/mol. The summed E-state index contributed by atoms with van der Waals surface area (Å²) >= 11 is 0. The van der Waals surface area contributed by atoms with Crippen LogP contribution in [0.15, 0.2) is 48.5 Å². The molecule has 6 nitrogen and oxygen atoms in total.